The molecule has 0 spiro atoms. The van der Waals surface area contributed by atoms with E-state index in [2.05, 4.69) is 17.6 Å². The van der Waals surface area contributed by atoms with Crippen LogP contribution in [0.15, 0.2) is 48.5 Å². The van der Waals surface area contributed by atoms with E-state index in [1.165, 1.54) is 0 Å². The van der Waals surface area contributed by atoms with Crippen molar-refractivity contribution in [3.05, 3.63) is 59.7 Å². The Labute approximate surface area is 200 Å². The summed E-state index contributed by atoms with van der Waals surface area (Å²) >= 11 is 5.35. The van der Waals surface area contributed by atoms with Crippen LogP contribution in [-0.4, -0.2) is 54.7 Å². The Kier molecular flexibility index (Phi) is 9.21. The monoisotopic (exact) mass is 469 g/mol. The van der Waals surface area contributed by atoms with E-state index in [-0.39, 0.29) is 16.9 Å². The number of carbonyl (C=O) groups is 2. The van der Waals surface area contributed by atoms with Crippen LogP contribution in [0.25, 0.3) is 0 Å². The van der Waals surface area contributed by atoms with Crippen LogP contribution < -0.4 is 15.4 Å². The second-order valence-corrected chi connectivity index (χ2v) is 8.41. The van der Waals surface area contributed by atoms with E-state index < -0.39 is 0 Å². The number of nitrogens with zero attached hydrogens (tertiary/aromatic N) is 1. The summed E-state index contributed by atoms with van der Waals surface area (Å²) in [7, 11) is 0. The highest BCUT2D eigenvalue weighted by molar-refractivity contribution is 7.80. The summed E-state index contributed by atoms with van der Waals surface area (Å²) in [5, 5.41) is 5.80. The molecule has 0 radical (unpaired) electrons. The first kappa shape index (κ1) is 24.7. The zero-order valence-electron chi connectivity index (χ0n) is 19.1. The Bertz CT molecular complexity index is 974. The minimum absolute atomic E-state index is 0.0315. The molecule has 2 N–H and O–H groups in total. The van der Waals surface area contributed by atoms with Crippen LogP contribution in [0.5, 0.6) is 5.75 Å². The molecule has 8 heteroatoms. The molecule has 33 heavy (non-hydrogen) atoms. The van der Waals surface area contributed by atoms with Crippen LogP contribution in [0.4, 0.5) is 5.69 Å². The Morgan fingerprint density at radius 1 is 1.09 bits per heavy atom. The molecule has 0 atom stereocenters. The van der Waals surface area contributed by atoms with Crippen molar-refractivity contribution in [3.63, 3.8) is 0 Å². The second kappa shape index (κ2) is 12.3. The van der Waals surface area contributed by atoms with Crippen molar-refractivity contribution in [1.82, 2.24) is 10.2 Å². The average molecular weight is 470 g/mol. The number of hydrogen-bond donors (Lipinski definition) is 2. The number of carbonyl (C=O) groups excluding carboxylic acids is 2. The second-order valence-electron chi connectivity index (χ2n) is 8.00. The van der Waals surface area contributed by atoms with E-state index in [1.54, 1.807) is 36.4 Å². The normalized spacial score (nSPS) is 13.9. The number of benzene rings is 2. The number of para-hydroxylation sites is 1. The van der Waals surface area contributed by atoms with Crippen LogP contribution in [0.2, 0.25) is 0 Å². The minimum Gasteiger partial charge on any atom is -0.491 e. The van der Waals surface area contributed by atoms with E-state index in [0.717, 1.165) is 25.9 Å². The maximum Gasteiger partial charge on any atom is 0.257 e. The SMILES string of the molecule is CCOCCOc1cccc(C(=O)NC(=S)Nc2ccccc2C(=O)N2CCC(C)CC2)c1. The molecule has 0 aromatic heterocycles. The maximum atomic E-state index is 13.0. The summed E-state index contributed by atoms with van der Waals surface area (Å²) in [5.41, 5.74) is 1.52. The van der Waals surface area contributed by atoms with Crippen LogP contribution in [0.1, 0.15) is 47.4 Å². The van der Waals surface area contributed by atoms with Crippen molar-refractivity contribution in [2.45, 2.75) is 26.7 Å². The minimum atomic E-state index is -0.364. The van der Waals surface area contributed by atoms with E-state index in [4.69, 9.17) is 21.7 Å². The molecule has 1 saturated heterocycles. The Hall–Kier alpha value is -2.97. The van der Waals surface area contributed by atoms with E-state index in [9.17, 15) is 9.59 Å². The predicted octanol–water partition coefficient (Wildman–Crippen LogP) is 4.10. The highest BCUT2D eigenvalue weighted by atomic mass is 32.1. The lowest BCUT2D eigenvalue weighted by Crippen LogP contribution is -2.39. The number of ether oxygens (including phenoxy) is 2. The summed E-state index contributed by atoms with van der Waals surface area (Å²) in [4.78, 5) is 27.6. The third-order valence-electron chi connectivity index (χ3n) is 5.50. The van der Waals surface area contributed by atoms with Crippen LogP contribution in [0, 0.1) is 5.92 Å². The van der Waals surface area contributed by atoms with Gasteiger partial charge < -0.3 is 19.7 Å². The van der Waals surface area contributed by atoms with Gasteiger partial charge in [0.1, 0.15) is 12.4 Å². The molecule has 1 fully saturated rings. The highest BCUT2D eigenvalue weighted by Gasteiger charge is 2.23. The molecule has 3 rings (SSSR count). The summed E-state index contributed by atoms with van der Waals surface area (Å²) in [6, 6.07) is 14.1. The van der Waals surface area contributed by atoms with Gasteiger partial charge in [-0.3, -0.25) is 14.9 Å². The fourth-order valence-corrected chi connectivity index (χ4v) is 3.78. The molecule has 2 aromatic rings. The summed E-state index contributed by atoms with van der Waals surface area (Å²) in [6.07, 6.45) is 2.01. The topological polar surface area (TPSA) is 79.9 Å². The fraction of sp³-hybridized carbons (Fsp3) is 0.400. The number of thiocarbonyl (C=S) groups is 1. The van der Waals surface area contributed by atoms with Gasteiger partial charge in [0, 0.05) is 25.3 Å². The Balaban J connectivity index is 1.60. The number of piperidine rings is 1. The van der Waals surface area contributed by atoms with Gasteiger partial charge in [-0.15, -0.1) is 0 Å². The third-order valence-corrected chi connectivity index (χ3v) is 5.70. The van der Waals surface area contributed by atoms with Crippen LogP contribution >= 0.6 is 12.2 Å². The van der Waals surface area contributed by atoms with Crippen molar-refractivity contribution in [2.24, 2.45) is 5.92 Å². The number of anilines is 1. The standard InChI is InChI=1S/C25H31N3O4S/c1-3-31-15-16-32-20-8-6-7-19(17-20)23(29)27-25(33)26-22-10-5-4-9-21(22)24(30)28-13-11-18(2)12-14-28/h4-10,17-18H,3,11-16H2,1-2H3,(H2,26,27,29,33). The van der Waals surface area contributed by atoms with Crippen LogP contribution in [0.3, 0.4) is 0 Å². The third kappa shape index (κ3) is 7.27. The van der Waals surface area contributed by atoms with Gasteiger partial charge in [-0.1, -0.05) is 25.1 Å². The van der Waals surface area contributed by atoms with Gasteiger partial charge in [-0.2, -0.15) is 0 Å². The van der Waals surface area contributed by atoms with Gasteiger partial charge in [-0.05, 0) is 68.2 Å². The van der Waals surface area contributed by atoms with Gasteiger partial charge >= 0.3 is 0 Å². The van der Waals surface area contributed by atoms with Gasteiger partial charge in [0.15, 0.2) is 5.11 Å². The van der Waals surface area contributed by atoms with Crippen molar-refractivity contribution in [1.29, 1.82) is 0 Å². The molecule has 7 nitrogen and oxygen atoms in total. The lowest BCUT2D eigenvalue weighted by molar-refractivity contribution is 0.0698. The fourth-order valence-electron chi connectivity index (χ4n) is 3.58. The molecule has 2 aromatic carbocycles. The summed E-state index contributed by atoms with van der Waals surface area (Å²) in [6.45, 7) is 7.14. The molecule has 0 bridgehead atoms. The number of amides is 2. The van der Waals surface area contributed by atoms with Crippen LogP contribution in [-0.2, 0) is 4.74 Å². The zero-order valence-corrected chi connectivity index (χ0v) is 20.0. The number of rotatable bonds is 8. The Morgan fingerprint density at radius 3 is 2.61 bits per heavy atom. The largest absolute Gasteiger partial charge is 0.491 e. The first-order valence-electron chi connectivity index (χ1n) is 11.3. The van der Waals surface area contributed by atoms with Crippen molar-refractivity contribution in [3.8, 4) is 5.75 Å². The quantitative estimate of drug-likeness (QED) is 0.448. The molecule has 1 aliphatic rings. The van der Waals surface area contributed by atoms with E-state index in [1.807, 2.05) is 24.0 Å². The molecular weight excluding hydrogens is 438 g/mol. The Morgan fingerprint density at radius 2 is 1.85 bits per heavy atom. The molecule has 1 aliphatic heterocycles. The van der Waals surface area contributed by atoms with Gasteiger partial charge in [0.05, 0.1) is 17.9 Å². The molecular formula is C25H31N3O4S. The summed E-state index contributed by atoms with van der Waals surface area (Å²) in [5.74, 6) is 0.819. The van der Waals surface area contributed by atoms with Gasteiger partial charge in [-0.25, -0.2) is 0 Å². The highest BCUT2D eigenvalue weighted by Crippen LogP contribution is 2.22. The number of hydrogen-bond acceptors (Lipinski definition) is 5. The van der Waals surface area contributed by atoms with Gasteiger partial charge in [0.2, 0.25) is 0 Å². The van der Waals surface area contributed by atoms with Crippen molar-refractivity contribution < 1.29 is 19.1 Å². The zero-order chi connectivity index (χ0) is 23.6. The molecule has 176 valence electrons. The average Bonchev–Trinajstić information content (AvgIpc) is 2.82. The first-order chi connectivity index (χ1) is 16.0. The van der Waals surface area contributed by atoms with Gasteiger partial charge in [0.25, 0.3) is 11.8 Å². The van der Waals surface area contributed by atoms with Crippen molar-refractivity contribution >= 4 is 34.8 Å². The predicted molar refractivity (Wildman–Crippen MR) is 133 cm³/mol. The number of nitrogens with one attached hydrogen (secondary N) is 2. The molecule has 0 unspecified atom stereocenters. The lowest BCUT2D eigenvalue weighted by Gasteiger charge is -2.30. The molecule has 2 amide bonds. The van der Waals surface area contributed by atoms with E-state index >= 15 is 0 Å². The lowest BCUT2D eigenvalue weighted by atomic mass is 9.98. The maximum absolute atomic E-state index is 13.0. The first-order valence-corrected chi connectivity index (χ1v) is 11.7. The molecule has 0 saturated carbocycles. The van der Waals surface area contributed by atoms with Crippen molar-refractivity contribution in [2.75, 3.05) is 38.2 Å². The number of likely N-dealkylation sites (tertiary alicyclic amines) is 1. The smallest absolute Gasteiger partial charge is 0.257 e. The summed E-state index contributed by atoms with van der Waals surface area (Å²) < 4.78 is 10.9. The molecule has 1 heterocycles. The van der Waals surface area contributed by atoms with E-state index in [0.29, 0.717) is 48.3 Å². The molecule has 0 aliphatic carbocycles.